The van der Waals surface area contributed by atoms with Crippen LogP contribution in [0.2, 0.25) is 0 Å². The highest BCUT2D eigenvalue weighted by molar-refractivity contribution is 7.14. The molecule has 5 nitrogen and oxygen atoms in total. The van der Waals surface area contributed by atoms with Crippen LogP contribution in [0.3, 0.4) is 0 Å². The summed E-state index contributed by atoms with van der Waals surface area (Å²) in [6, 6.07) is 0. The topological polar surface area (TPSA) is 80.5 Å². The maximum absolute atomic E-state index is 5.35. The smallest absolute Gasteiger partial charge is 0.239 e. The van der Waals surface area contributed by atoms with Crippen molar-refractivity contribution in [2.75, 3.05) is 5.73 Å². The molecule has 0 saturated heterocycles. The van der Waals surface area contributed by atoms with Crippen molar-refractivity contribution in [3.63, 3.8) is 0 Å². The molecule has 2 heterocycles. The normalized spacial score (nSPS) is 10.4. The second-order valence-electron chi connectivity index (χ2n) is 2.29. The van der Waals surface area contributed by atoms with E-state index >= 15 is 0 Å². The number of aryl methyl sites for hydroxylation is 1. The summed E-state index contributed by atoms with van der Waals surface area (Å²) in [5.41, 5.74) is 5.35. The highest BCUT2D eigenvalue weighted by atomic mass is 32.1. The fourth-order valence-corrected chi connectivity index (χ4v) is 1.57. The molecule has 2 aromatic rings. The maximum atomic E-state index is 5.35. The lowest BCUT2D eigenvalue weighted by atomic mass is 10.5. The van der Waals surface area contributed by atoms with Gasteiger partial charge in [0, 0.05) is 6.20 Å². The van der Waals surface area contributed by atoms with E-state index in [0.717, 1.165) is 9.88 Å². The minimum atomic E-state index is 0.260. The zero-order chi connectivity index (χ0) is 8.55. The molecule has 6 heteroatoms. The van der Waals surface area contributed by atoms with Crippen LogP contribution in [0.15, 0.2) is 6.20 Å². The predicted octanol–water partition coefficient (Wildman–Crippen LogP) is 0.819. The molecule has 0 amide bonds. The Hall–Kier alpha value is -1.43. The molecule has 0 atom stereocenters. The largest absolute Gasteiger partial charge is 0.366 e. The van der Waals surface area contributed by atoms with E-state index in [1.807, 2.05) is 6.92 Å². The van der Waals surface area contributed by atoms with Gasteiger partial charge >= 0.3 is 0 Å². The van der Waals surface area contributed by atoms with Crippen molar-refractivity contribution in [2.45, 2.75) is 6.92 Å². The van der Waals surface area contributed by atoms with Crippen LogP contribution in [0, 0.1) is 6.92 Å². The second-order valence-corrected chi connectivity index (χ2v) is 3.52. The molecule has 0 aromatic carbocycles. The third-order valence-corrected chi connectivity index (χ3v) is 2.28. The van der Waals surface area contributed by atoms with E-state index < -0.39 is 0 Å². The molecule has 0 aliphatic carbocycles. The Morgan fingerprint density at radius 2 is 2.42 bits per heavy atom. The van der Waals surface area contributed by atoms with Gasteiger partial charge in [0.2, 0.25) is 5.95 Å². The number of hydrogen-bond donors (Lipinski definition) is 2. The molecule has 2 aromatic heterocycles. The molecule has 0 unspecified atom stereocenters. The Kier molecular flexibility index (Phi) is 1.54. The average molecular weight is 181 g/mol. The van der Waals surface area contributed by atoms with Crippen LogP contribution in [0.5, 0.6) is 0 Å². The van der Waals surface area contributed by atoms with Gasteiger partial charge in [0.15, 0.2) is 5.82 Å². The lowest BCUT2D eigenvalue weighted by Crippen LogP contribution is -1.84. The lowest BCUT2D eigenvalue weighted by molar-refractivity contribution is 1.10. The van der Waals surface area contributed by atoms with Gasteiger partial charge in [-0.25, -0.2) is 4.98 Å². The number of aromatic amines is 1. The molecule has 0 bridgehead atoms. The molecular formula is C6H7N5S. The fraction of sp³-hybridized carbons (Fsp3) is 0.167. The van der Waals surface area contributed by atoms with Crippen molar-refractivity contribution in [2.24, 2.45) is 0 Å². The van der Waals surface area contributed by atoms with Gasteiger partial charge in [0.05, 0.1) is 9.88 Å². The molecule has 2 rings (SSSR count). The molecule has 0 saturated carbocycles. The first-order chi connectivity index (χ1) is 5.75. The second kappa shape index (κ2) is 2.56. The van der Waals surface area contributed by atoms with Crippen LogP contribution in [-0.2, 0) is 0 Å². The zero-order valence-electron chi connectivity index (χ0n) is 6.40. The van der Waals surface area contributed by atoms with Crippen molar-refractivity contribution in [3.8, 4) is 10.7 Å². The Bertz CT molecular complexity index is 352. The van der Waals surface area contributed by atoms with Crippen LogP contribution >= 0.6 is 11.3 Å². The molecule has 12 heavy (non-hydrogen) atoms. The monoisotopic (exact) mass is 181 g/mol. The van der Waals surface area contributed by atoms with Crippen LogP contribution in [0.4, 0.5) is 5.95 Å². The summed E-state index contributed by atoms with van der Waals surface area (Å²) in [5, 5.41) is 7.44. The summed E-state index contributed by atoms with van der Waals surface area (Å²) in [7, 11) is 0. The summed E-state index contributed by atoms with van der Waals surface area (Å²) >= 11 is 1.55. The van der Waals surface area contributed by atoms with Gasteiger partial charge < -0.3 is 5.73 Å². The lowest BCUT2D eigenvalue weighted by Gasteiger charge is -1.83. The molecule has 0 radical (unpaired) electrons. The number of hydrogen-bond acceptors (Lipinski definition) is 5. The van der Waals surface area contributed by atoms with Crippen molar-refractivity contribution in [1.82, 2.24) is 20.2 Å². The summed E-state index contributed by atoms with van der Waals surface area (Å²) in [4.78, 5) is 9.02. The summed E-state index contributed by atoms with van der Waals surface area (Å²) in [6.07, 6.45) is 1.75. The molecule has 0 aliphatic heterocycles. The highest BCUT2D eigenvalue weighted by Crippen LogP contribution is 2.21. The first-order valence-corrected chi connectivity index (χ1v) is 4.18. The zero-order valence-corrected chi connectivity index (χ0v) is 7.22. The van der Waals surface area contributed by atoms with E-state index in [1.54, 1.807) is 17.5 Å². The van der Waals surface area contributed by atoms with E-state index in [2.05, 4.69) is 20.2 Å². The van der Waals surface area contributed by atoms with Crippen molar-refractivity contribution in [3.05, 3.63) is 11.2 Å². The quantitative estimate of drug-likeness (QED) is 0.682. The van der Waals surface area contributed by atoms with E-state index in [0.29, 0.717) is 5.82 Å². The van der Waals surface area contributed by atoms with Crippen LogP contribution in [0.1, 0.15) is 5.01 Å². The van der Waals surface area contributed by atoms with Gasteiger partial charge in [-0.1, -0.05) is 0 Å². The number of nitrogen functional groups attached to an aromatic ring is 1. The van der Waals surface area contributed by atoms with Gasteiger partial charge in [0.1, 0.15) is 0 Å². The van der Waals surface area contributed by atoms with Crippen LogP contribution in [-0.4, -0.2) is 20.2 Å². The molecule has 3 N–H and O–H groups in total. The van der Waals surface area contributed by atoms with E-state index in [-0.39, 0.29) is 5.95 Å². The first-order valence-electron chi connectivity index (χ1n) is 3.36. The molecule has 0 aliphatic rings. The number of thiazole rings is 1. The Morgan fingerprint density at radius 1 is 1.58 bits per heavy atom. The SMILES string of the molecule is Cc1ncc(-c2nc(N)n[nH]2)s1. The minimum Gasteiger partial charge on any atom is -0.366 e. The molecule has 0 fully saturated rings. The molecule has 0 spiro atoms. The third kappa shape index (κ3) is 1.16. The molecular weight excluding hydrogens is 174 g/mol. The van der Waals surface area contributed by atoms with Crippen LogP contribution in [0.25, 0.3) is 10.7 Å². The standard InChI is InChI=1S/C6H7N5S/c1-3-8-2-4(12-3)5-9-6(7)11-10-5/h2H,1H3,(H3,7,9,10,11). The number of nitrogens with zero attached hydrogens (tertiary/aromatic N) is 3. The number of rotatable bonds is 1. The number of anilines is 1. The van der Waals surface area contributed by atoms with E-state index in [1.165, 1.54) is 0 Å². The first kappa shape index (κ1) is 7.23. The average Bonchev–Trinajstić information content (AvgIpc) is 2.58. The fourth-order valence-electron chi connectivity index (χ4n) is 0.856. The van der Waals surface area contributed by atoms with Crippen molar-refractivity contribution in [1.29, 1.82) is 0 Å². The van der Waals surface area contributed by atoms with Gasteiger partial charge in [-0.05, 0) is 6.92 Å². The van der Waals surface area contributed by atoms with Crippen molar-refractivity contribution >= 4 is 17.3 Å². The van der Waals surface area contributed by atoms with E-state index in [9.17, 15) is 0 Å². The highest BCUT2D eigenvalue weighted by Gasteiger charge is 2.05. The molecule has 62 valence electrons. The number of nitrogens with two attached hydrogens (primary N) is 1. The third-order valence-electron chi connectivity index (χ3n) is 1.36. The minimum absolute atomic E-state index is 0.260. The van der Waals surface area contributed by atoms with Crippen LogP contribution < -0.4 is 5.73 Å². The van der Waals surface area contributed by atoms with Gasteiger partial charge in [-0.3, -0.25) is 5.10 Å². The van der Waals surface area contributed by atoms with Gasteiger partial charge in [0.25, 0.3) is 0 Å². The van der Waals surface area contributed by atoms with Crippen molar-refractivity contribution < 1.29 is 0 Å². The van der Waals surface area contributed by atoms with Gasteiger partial charge in [-0.2, -0.15) is 4.98 Å². The Labute approximate surface area is 72.7 Å². The number of aromatic nitrogens is 4. The Balaban J connectivity index is 2.43. The number of H-pyrrole nitrogens is 1. The maximum Gasteiger partial charge on any atom is 0.239 e. The summed E-state index contributed by atoms with van der Waals surface area (Å²) in [6.45, 7) is 1.94. The van der Waals surface area contributed by atoms with Gasteiger partial charge in [-0.15, -0.1) is 16.4 Å². The summed E-state index contributed by atoms with van der Waals surface area (Å²) in [5.74, 6) is 0.939. The summed E-state index contributed by atoms with van der Waals surface area (Å²) < 4.78 is 0. The predicted molar refractivity (Wildman–Crippen MR) is 46.6 cm³/mol. The van der Waals surface area contributed by atoms with E-state index in [4.69, 9.17) is 5.73 Å². The Morgan fingerprint density at radius 3 is 2.92 bits per heavy atom. The number of nitrogens with one attached hydrogen (secondary N) is 1.